The van der Waals surface area contributed by atoms with Gasteiger partial charge in [-0.3, -0.25) is 29.0 Å². The lowest BCUT2D eigenvalue weighted by Crippen LogP contribution is -2.32. The molecule has 0 unspecified atom stereocenters. The Morgan fingerprint density at radius 1 is 0.620 bits per heavy atom. The first-order chi connectivity index (χ1) is 24.3. The lowest BCUT2D eigenvalue weighted by Gasteiger charge is -2.22. The van der Waals surface area contributed by atoms with Crippen molar-refractivity contribution in [1.82, 2.24) is 9.80 Å². The van der Waals surface area contributed by atoms with Crippen molar-refractivity contribution in [3.8, 4) is 12.1 Å². The van der Waals surface area contributed by atoms with E-state index in [1.807, 2.05) is 60.7 Å². The highest BCUT2D eigenvalue weighted by Gasteiger charge is 2.41. The summed E-state index contributed by atoms with van der Waals surface area (Å²) in [5.74, 6) is -0.703. The van der Waals surface area contributed by atoms with Crippen LogP contribution in [0.2, 0.25) is 0 Å². The molecule has 2 aliphatic rings. The fraction of sp³-hybridized carbons (Fsp3) is 0.389. The van der Waals surface area contributed by atoms with E-state index >= 15 is 0 Å². The molecule has 4 amide bonds. The third-order valence-corrected chi connectivity index (χ3v) is 11.1. The quantitative estimate of drug-likeness (QED) is 0.0900. The SMILES string of the molecule is N#CCCN(C(=O)CCCCCN1C(=O)/C(=C2\SC(=S)N(CCCCCC(=O)N(CCC#N)c3ccccc3)C2=O)SC1=S)c1ccccc1. The molecule has 0 N–H and O–H groups in total. The Bertz CT molecular complexity index is 1570. The molecule has 0 saturated carbocycles. The number of carbonyl (C=O) groups is 4. The van der Waals surface area contributed by atoms with Crippen LogP contribution in [0.1, 0.15) is 64.2 Å². The van der Waals surface area contributed by atoms with E-state index in [2.05, 4.69) is 12.1 Å². The molecular formula is C36H38N6O4S4. The minimum absolute atomic E-state index is 0.0470. The summed E-state index contributed by atoms with van der Waals surface area (Å²) in [6.07, 6.45) is 5.09. The van der Waals surface area contributed by atoms with Crippen molar-refractivity contribution in [2.75, 3.05) is 36.0 Å². The maximum absolute atomic E-state index is 13.4. The highest BCUT2D eigenvalue weighted by Crippen LogP contribution is 2.42. The van der Waals surface area contributed by atoms with Gasteiger partial charge in [0.2, 0.25) is 11.8 Å². The van der Waals surface area contributed by atoms with Crippen molar-refractivity contribution in [2.24, 2.45) is 0 Å². The molecule has 0 radical (unpaired) electrons. The summed E-state index contributed by atoms with van der Waals surface area (Å²) in [7, 11) is 0. The van der Waals surface area contributed by atoms with Crippen molar-refractivity contribution < 1.29 is 19.2 Å². The van der Waals surface area contributed by atoms with Crippen LogP contribution in [0, 0.1) is 22.7 Å². The Hall–Kier alpha value is -4.08. The van der Waals surface area contributed by atoms with Crippen LogP contribution < -0.4 is 9.80 Å². The maximum Gasteiger partial charge on any atom is 0.267 e. The van der Waals surface area contributed by atoms with Crippen molar-refractivity contribution >= 4 is 91.6 Å². The number of thiocarbonyl (C=S) groups is 2. The molecule has 14 heteroatoms. The molecule has 2 aliphatic heterocycles. The number of amides is 4. The van der Waals surface area contributed by atoms with Crippen LogP contribution in [0.3, 0.4) is 0 Å². The van der Waals surface area contributed by atoms with Gasteiger partial charge in [0.15, 0.2) is 0 Å². The number of unbranched alkanes of at least 4 members (excludes halogenated alkanes) is 4. The van der Waals surface area contributed by atoms with Crippen LogP contribution in [-0.2, 0) is 19.2 Å². The first kappa shape index (κ1) is 38.7. The number of rotatable bonds is 18. The van der Waals surface area contributed by atoms with Gasteiger partial charge in [-0.2, -0.15) is 10.5 Å². The largest absolute Gasteiger partial charge is 0.311 e. The van der Waals surface area contributed by atoms with E-state index < -0.39 is 0 Å². The first-order valence-electron chi connectivity index (χ1n) is 16.5. The lowest BCUT2D eigenvalue weighted by molar-refractivity contribution is -0.124. The standard InChI is InChI=1S/C36H38N6O4S4/c37-21-13-25-39(27-15-5-1-6-16-27)29(43)19-9-3-11-23-41-33(45)31(49-35(41)47)32-34(46)42(36(48)50-32)24-12-4-10-20-30(44)40(26-14-22-38)28-17-7-2-8-18-28/h1-2,5-8,15-18H,3-4,9-14,19-20,23-26H2/b32-31+. The van der Waals surface area contributed by atoms with Crippen LogP contribution in [0.4, 0.5) is 11.4 Å². The van der Waals surface area contributed by atoms with E-state index in [9.17, 15) is 19.2 Å². The Morgan fingerprint density at radius 2 is 1.00 bits per heavy atom. The molecule has 2 fully saturated rings. The summed E-state index contributed by atoms with van der Waals surface area (Å²) in [5, 5.41) is 18.0. The first-order valence-corrected chi connectivity index (χ1v) is 19.0. The Labute approximate surface area is 312 Å². The van der Waals surface area contributed by atoms with Gasteiger partial charge in [0.05, 0.1) is 34.8 Å². The molecule has 2 saturated heterocycles. The van der Waals surface area contributed by atoms with Crippen LogP contribution in [0.5, 0.6) is 0 Å². The molecular weight excluding hydrogens is 709 g/mol. The normalized spacial score (nSPS) is 15.7. The Morgan fingerprint density at radius 3 is 1.36 bits per heavy atom. The minimum Gasteiger partial charge on any atom is -0.311 e. The van der Waals surface area contributed by atoms with E-state index in [1.54, 1.807) is 9.80 Å². The number of nitrogens with zero attached hydrogens (tertiary/aromatic N) is 6. The zero-order valence-corrected chi connectivity index (χ0v) is 30.9. The van der Waals surface area contributed by atoms with Gasteiger partial charge in [0.1, 0.15) is 8.64 Å². The number of nitriles is 2. The highest BCUT2D eigenvalue weighted by atomic mass is 32.2. The van der Waals surface area contributed by atoms with Gasteiger partial charge < -0.3 is 9.80 Å². The summed E-state index contributed by atoms with van der Waals surface area (Å²) in [4.78, 5) is 59.5. The van der Waals surface area contributed by atoms with Gasteiger partial charge in [-0.1, -0.05) is 97.2 Å². The number of anilines is 2. The number of benzene rings is 2. The smallest absolute Gasteiger partial charge is 0.267 e. The minimum atomic E-state index is -0.304. The van der Waals surface area contributed by atoms with Crippen LogP contribution in [0.15, 0.2) is 70.5 Å². The molecule has 4 rings (SSSR count). The van der Waals surface area contributed by atoms with E-state index in [0.29, 0.717) is 96.0 Å². The zero-order valence-electron chi connectivity index (χ0n) is 27.6. The number of hydrogen-bond donors (Lipinski definition) is 0. The van der Waals surface area contributed by atoms with Crippen LogP contribution >= 0.6 is 48.0 Å². The molecule has 0 bridgehead atoms. The third-order valence-electron chi connectivity index (χ3n) is 8.08. The van der Waals surface area contributed by atoms with Gasteiger partial charge in [-0.25, -0.2) is 0 Å². The molecule has 2 aromatic rings. The summed E-state index contributed by atoms with van der Waals surface area (Å²) < 4.78 is 0.782. The Kier molecular flexibility index (Phi) is 15.4. The molecule has 10 nitrogen and oxygen atoms in total. The average molecular weight is 747 g/mol. The van der Waals surface area contributed by atoms with E-state index in [0.717, 1.165) is 34.9 Å². The number of para-hydroxylation sites is 2. The predicted octanol–water partition coefficient (Wildman–Crippen LogP) is 6.93. The monoisotopic (exact) mass is 746 g/mol. The van der Waals surface area contributed by atoms with Crippen molar-refractivity contribution in [3.05, 3.63) is 70.5 Å². The molecule has 0 aliphatic carbocycles. The van der Waals surface area contributed by atoms with Gasteiger partial charge in [-0.15, -0.1) is 0 Å². The second kappa shape index (κ2) is 19.9. The second-order valence-electron chi connectivity index (χ2n) is 11.5. The summed E-state index contributed by atoms with van der Waals surface area (Å²) >= 11 is 13.2. The molecule has 0 atom stereocenters. The zero-order chi connectivity index (χ0) is 35.9. The average Bonchev–Trinajstić information content (AvgIpc) is 3.57. The third kappa shape index (κ3) is 10.5. The fourth-order valence-electron chi connectivity index (χ4n) is 5.51. The molecule has 2 aromatic carbocycles. The van der Waals surface area contributed by atoms with Crippen LogP contribution in [0.25, 0.3) is 0 Å². The molecule has 2 heterocycles. The predicted molar refractivity (Wildman–Crippen MR) is 206 cm³/mol. The summed E-state index contributed by atoms with van der Waals surface area (Å²) in [6, 6.07) is 22.8. The Balaban J connectivity index is 1.21. The molecule has 260 valence electrons. The number of carbonyl (C=O) groups excluding carboxylic acids is 4. The van der Waals surface area contributed by atoms with Gasteiger partial charge in [0.25, 0.3) is 11.8 Å². The van der Waals surface area contributed by atoms with E-state index in [4.69, 9.17) is 35.0 Å². The summed E-state index contributed by atoms with van der Waals surface area (Å²) in [5.41, 5.74) is 1.53. The fourth-order valence-corrected chi connectivity index (χ4v) is 8.28. The van der Waals surface area contributed by atoms with E-state index in [1.165, 1.54) is 9.80 Å². The number of hydrogen-bond acceptors (Lipinski definition) is 10. The van der Waals surface area contributed by atoms with Crippen molar-refractivity contribution in [3.63, 3.8) is 0 Å². The highest BCUT2D eigenvalue weighted by molar-refractivity contribution is 8.29. The van der Waals surface area contributed by atoms with Crippen molar-refractivity contribution in [2.45, 2.75) is 64.2 Å². The van der Waals surface area contributed by atoms with Gasteiger partial charge >= 0.3 is 0 Å². The molecule has 0 aromatic heterocycles. The maximum atomic E-state index is 13.4. The lowest BCUT2D eigenvalue weighted by atomic mass is 10.1. The summed E-state index contributed by atoms with van der Waals surface area (Å²) in [6.45, 7) is 1.44. The van der Waals surface area contributed by atoms with E-state index in [-0.39, 0.29) is 36.5 Å². The molecule has 0 spiro atoms. The van der Waals surface area contributed by atoms with Gasteiger partial charge in [-0.05, 0) is 49.9 Å². The van der Waals surface area contributed by atoms with Crippen molar-refractivity contribution in [1.29, 1.82) is 10.5 Å². The second-order valence-corrected chi connectivity index (χ2v) is 14.8. The molecule has 50 heavy (non-hydrogen) atoms. The van der Waals surface area contributed by atoms with Gasteiger partial charge in [0, 0.05) is 50.4 Å². The van der Waals surface area contributed by atoms with Crippen LogP contribution in [-0.4, -0.2) is 68.2 Å². The number of thioether (sulfide) groups is 2. The topological polar surface area (TPSA) is 129 Å².